The predicted molar refractivity (Wildman–Crippen MR) is 88.9 cm³/mol. The van der Waals surface area contributed by atoms with E-state index in [4.69, 9.17) is 5.73 Å². The fourth-order valence-electron chi connectivity index (χ4n) is 2.51. The molecule has 0 saturated heterocycles. The van der Waals surface area contributed by atoms with Gasteiger partial charge in [0.1, 0.15) is 0 Å². The summed E-state index contributed by atoms with van der Waals surface area (Å²) in [6.45, 7) is 2.75. The Morgan fingerprint density at radius 3 is 2.90 bits per heavy atom. The summed E-state index contributed by atoms with van der Waals surface area (Å²) in [4.78, 5) is 1.58. The molecule has 4 nitrogen and oxygen atoms in total. The lowest BCUT2D eigenvalue weighted by Crippen LogP contribution is -2.35. The van der Waals surface area contributed by atoms with E-state index >= 15 is 0 Å². The number of thiophene rings is 1. The first-order valence-corrected chi connectivity index (χ1v) is 9.62. The van der Waals surface area contributed by atoms with Crippen LogP contribution in [0.3, 0.4) is 0 Å². The van der Waals surface area contributed by atoms with Crippen LogP contribution in [0.5, 0.6) is 0 Å². The number of benzene rings is 1. The van der Waals surface area contributed by atoms with E-state index in [1.807, 2.05) is 11.4 Å². The van der Waals surface area contributed by atoms with Gasteiger partial charge in [-0.1, -0.05) is 0 Å². The number of halogens is 1. The number of rotatable bonds is 2. The second-order valence-corrected chi connectivity index (χ2v) is 8.86. The van der Waals surface area contributed by atoms with Gasteiger partial charge in [0.2, 0.25) is 10.0 Å². The van der Waals surface area contributed by atoms with Crippen molar-refractivity contribution in [2.45, 2.75) is 24.8 Å². The Balaban J connectivity index is 2.00. The van der Waals surface area contributed by atoms with Gasteiger partial charge in [0, 0.05) is 28.1 Å². The van der Waals surface area contributed by atoms with Gasteiger partial charge >= 0.3 is 0 Å². The Hall–Kier alpha value is -0.890. The Kier molecular flexibility index (Phi) is 3.85. The molecule has 1 aliphatic rings. The number of anilines is 1. The highest BCUT2D eigenvalue weighted by atomic mass is 79.9. The molecule has 2 N–H and O–H groups in total. The van der Waals surface area contributed by atoms with E-state index in [-0.39, 0.29) is 0 Å². The van der Waals surface area contributed by atoms with Crippen LogP contribution < -0.4 is 5.73 Å². The van der Waals surface area contributed by atoms with Crippen molar-refractivity contribution >= 4 is 43.0 Å². The van der Waals surface area contributed by atoms with Gasteiger partial charge in [0.15, 0.2) is 0 Å². The minimum absolute atomic E-state index is 0.293. The van der Waals surface area contributed by atoms with Crippen molar-refractivity contribution in [1.82, 2.24) is 4.31 Å². The maximum absolute atomic E-state index is 12.9. The molecule has 0 unspecified atom stereocenters. The van der Waals surface area contributed by atoms with Crippen LogP contribution in [0.4, 0.5) is 5.69 Å². The third-order valence-corrected chi connectivity index (χ3v) is 7.38. The molecule has 0 aliphatic carbocycles. The van der Waals surface area contributed by atoms with Crippen molar-refractivity contribution in [3.05, 3.63) is 44.1 Å². The number of hydrogen-bond donors (Lipinski definition) is 1. The number of nitrogens with zero attached hydrogens (tertiary/aromatic N) is 1. The topological polar surface area (TPSA) is 63.4 Å². The first kappa shape index (κ1) is 15.0. The number of hydrogen-bond acceptors (Lipinski definition) is 4. The zero-order valence-corrected chi connectivity index (χ0v) is 14.7. The van der Waals surface area contributed by atoms with Crippen molar-refractivity contribution in [1.29, 1.82) is 0 Å². The number of aryl methyl sites for hydroxylation is 1. The fourth-order valence-corrected chi connectivity index (χ4v) is 5.52. The van der Waals surface area contributed by atoms with Crippen LogP contribution in [0.2, 0.25) is 0 Å². The molecule has 0 radical (unpaired) electrons. The third kappa shape index (κ3) is 2.63. The molecule has 1 aliphatic heterocycles. The molecule has 2 aromatic rings. The summed E-state index contributed by atoms with van der Waals surface area (Å²) < 4.78 is 28.0. The quantitative estimate of drug-likeness (QED) is 0.806. The van der Waals surface area contributed by atoms with E-state index in [1.165, 1.54) is 15.2 Å². The molecule has 0 bridgehead atoms. The molecule has 21 heavy (non-hydrogen) atoms. The summed E-state index contributed by atoms with van der Waals surface area (Å²) in [5, 5.41) is 2.02. The Morgan fingerprint density at radius 2 is 2.14 bits per heavy atom. The van der Waals surface area contributed by atoms with Crippen LogP contribution in [0.15, 0.2) is 32.9 Å². The van der Waals surface area contributed by atoms with E-state index in [2.05, 4.69) is 15.9 Å². The highest BCUT2D eigenvalue weighted by Gasteiger charge is 2.30. The molecule has 7 heteroatoms. The van der Waals surface area contributed by atoms with Gasteiger partial charge in [-0.3, -0.25) is 0 Å². The lowest BCUT2D eigenvalue weighted by molar-refractivity contribution is 0.394. The Labute approximate surface area is 136 Å². The minimum atomic E-state index is -3.52. The van der Waals surface area contributed by atoms with Gasteiger partial charge in [-0.05, 0) is 64.0 Å². The highest BCUT2D eigenvalue weighted by molar-refractivity contribution is 9.10. The third-order valence-electron chi connectivity index (χ3n) is 3.68. The van der Waals surface area contributed by atoms with Crippen LogP contribution in [0.1, 0.15) is 16.0 Å². The lowest BCUT2D eigenvalue weighted by Gasteiger charge is -2.27. The minimum Gasteiger partial charge on any atom is -0.398 e. The first-order valence-electron chi connectivity index (χ1n) is 6.50. The molecule has 1 aromatic carbocycles. The SMILES string of the molecule is Cc1cc(Br)c(N)cc1S(=O)(=O)N1CCc2sccc2C1. The van der Waals surface area contributed by atoms with Crippen LogP contribution in [0, 0.1) is 6.92 Å². The average molecular weight is 387 g/mol. The maximum Gasteiger partial charge on any atom is 0.243 e. The zero-order chi connectivity index (χ0) is 15.2. The van der Waals surface area contributed by atoms with E-state index < -0.39 is 10.0 Å². The summed E-state index contributed by atoms with van der Waals surface area (Å²) in [5.41, 5.74) is 8.09. The van der Waals surface area contributed by atoms with Crippen molar-refractivity contribution in [3.63, 3.8) is 0 Å². The first-order chi connectivity index (χ1) is 9.89. The summed E-state index contributed by atoms with van der Waals surface area (Å²) in [6, 6.07) is 5.30. The number of nitrogen functional groups attached to an aromatic ring is 1. The zero-order valence-electron chi connectivity index (χ0n) is 11.5. The fraction of sp³-hybridized carbons (Fsp3) is 0.286. The largest absolute Gasteiger partial charge is 0.398 e. The molecular formula is C14H15BrN2O2S2. The molecule has 0 atom stereocenters. The molecule has 3 rings (SSSR count). The second kappa shape index (κ2) is 5.39. The van der Waals surface area contributed by atoms with Crippen LogP contribution in [-0.4, -0.2) is 19.3 Å². The van der Waals surface area contributed by atoms with E-state index in [0.29, 0.717) is 29.2 Å². The van der Waals surface area contributed by atoms with Gasteiger partial charge < -0.3 is 5.73 Å². The Morgan fingerprint density at radius 1 is 1.38 bits per heavy atom. The molecule has 0 amide bonds. The summed E-state index contributed by atoms with van der Waals surface area (Å²) in [5.74, 6) is 0. The lowest BCUT2D eigenvalue weighted by atomic mass is 10.1. The van der Waals surface area contributed by atoms with Crippen LogP contribution >= 0.6 is 27.3 Å². The van der Waals surface area contributed by atoms with Crippen molar-refractivity contribution in [3.8, 4) is 0 Å². The van der Waals surface area contributed by atoms with Crippen LogP contribution in [-0.2, 0) is 23.0 Å². The molecule has 0 spiro atoms. The van der Waals surface area contributed by atoms with E-state index in [0.717, 1.165) is 16.5 Å². The van der Waals surface area contributed by atoms with Gasteiger partial charge in [0.05, 0.1) is 4.90 Å². The number of sulfonamides is 1. The molecule has 0 saturated carbocycles. The highest BCUT2D eigenvalue weighted by Crippen LogP contribution is 2.32. The number of fused-ring (bicyclic) bond motifs is 1. The van der Waals surface area contributed by atoms with E-state index in [1.54, 1.807) is 24.3 Å². The maximum atomic E-state index is 12.9. The van der Waals surface area contributed by atoms with E-state index in [9.17, 15) is 8.42 Å². The van der Waals surface area contributed by atoms with Crippen molar-refractivity contribution < 1.29 is 8.42 Å². The molecule has 0 fully saturated rings. The van der Waals surface area contributed by atoms with Crippen molar-refractivity contribution in [2.24, 2.45) is 0 Å². The van der Waals surface area contributed by atoms with Gasteiger partial charge in [0.25, 0.3) is 0 Å². The normalized spacial score (nSPS) is 15.9. The molecule has 2 heterocycles. The standard InChI is InChI=1S/C14H15BrN2O2S2/c1-9-6-11(15)12(16)7-14(9)21(18,19)17-4-2-13-10(8-17)3-5-20-13/h3,5-7H,2,4,8,16H2,1H3. The molecule has 112 valence electrons. The summed E-state index contributed by atoms with van der Waals surface area (Å²) in [6.07, 6.45) is 0.775. The second-order valence-electron chi connectivity index (χ2n) is 5.10. The van der Waals surface area contributed by atoms with Crippen LogP contribution in [0.25, 0.3) is 0 Å². The monoisotopic (exact) mass is 386 g/mol. The molecular weight excluding hydrogens is 372 g/mol. The smallest absolute Gasteiger partial charge is 0.243 e. The summed E-state index contributed by atoms with van der Waals surface area (Å²) in [7, 11) is -3.52. The molecule has 1 aromatic heterocycles. The van der Waals surface area contributed by atoms with Gasteiger partial charge in [-0.25, -0.2) is 8.42 Å². The van der Waals surface area contributed by atoms with Gasteiger partial charge in [-0.2, -0.15) is 4.31 Å². The predicted octanol–water partition coefficient (Wildman–Crippen LogP) is 3.15. The summed E-state index contributed by atoms with van der Waals surface area (Å²) >= 11 is 5.02. The number of nitrogens with two attached hydrogens (primary N) is 1. The average Bonchev–Trinajstić information content (AvgIpc) is 2.90. The Bertz CT molecular complexity index is 799. The van der Waals surface area contributed by atoms with Crippen molar-refractivity contribution in [2.75, 3.05) is 12.3 Å². The van der Waals surface area contributed by atoms with Gasteiger partial charge in [-0.15, -0.1) is 11.3 Å².